The molecule has 1 heterocycles. The Morgan fingerprint density at radius 1 is 1.53 bits per heavy atom. The zero-order valence-corrected chi connectivity index (χ0v) is 11.1. The average Bonchev–Trinajstić information content (AvgIpc) is 2.33. The molecule has 90 valence electrons. The van der Waals surface area contributed by atoms with Crippen molar-refractivity contribution in [2.45, 2.75) is 13.5 Å². The number of fused-ring (bicyclic) bond motifs is 1. The molecule has 1 atom stereocenters. The molecular formula is C12H14BrN3O. The van der Waals surface area contributed by atoms with Crippen LogP contribution in [0, 0.1) is 5.92 Å². The highest BCUT2D eigenvalue weighted by molar-refractivity contribution is 9.10. The lowest BCUT2D eigenvalue weighted by atomic mass is 10.2. The monoisotopic (exact) mass is 295 g/mol. The van der Waals surface area contributed by atoms with Crippen LogP contribution in [-0.4, -0.2) is 16.1 Å². The fourth-order valence-electron chi connectivity index (χ4n) is 1.67. The van der Waals surface area contributed by atoms with Crippen molar-refractivity contribution in [3.63, 3.8) is 0 Å². The second-order valence-electron chi connectivity index (χ2n) is 4.20. The lowest BCUT2D eigenvalue weighted by Crippen LogP contribution is -2.26. The average molecular weight is 296 g/mol. The summed E-state index contributed by atoms with van der Waals surface area (Å²) in [5, 5.41) is 0.631. The van der Waals surface area contributed by atoms with E-state index in [1.165, 1.54) is 0 Å². The van der Waals surface area contributed by atoms with Crippen LogP contribution in [0.25, 0.3) is 10.9 Å². The number of rotatable bonds is 3. The molecule has 2 N–H and O–H groups in total. The number of hydrogen-bond donors (Lipinski definition) is 1. The third-order valence-corrected chi connectivity index (χ3v) is 3.19. The Morgan fingerprint density at radius 3 is 3.00 bits per heavy atom. The highest BCUT2D eigenvalue weighted by Gasteiger charge is 2.07. The summed E-state index contributed by atoms with van der Waals surface area (Å²) in [5.74, 6) is 0.263. The fraction of sp³-hybridized carbons (Fsp3) is 0.333. The molecule has 1 aromatic heterocycles. The van der Waals surface area contributed by atoms with Crippen LogP contribution in [0.5, 0.6) is 0 Å². The van der Waals surface area contributed by atoms with Gasteiger partial charge in [-0.2, -0.15) is 0 Å². The predicted molar refractivity (Wildman–Crippen MR) is 71.9 cm³/mol. The molecule has 0 amide bonds. The van der Waals surface area contributed by atoms with Crippen molar-refractivity contribution in [3.05, 3.63) is 39.4 Å². The van der Waals surface area contributed by atoms with Gasteiger partial charge < -0.3 is 5.73 Å². The number of benzene rings is 1. The van der Waals surface area contributed by atoms with Crippen molar-refractivity contribution in [1.82, 2.24) is 9.55 Å². The maximum atomic E-state index is 12.2. The van der Waals surface area contributed by atoms with Crippen molar-refractivity contribution >= 4 is 26.8 Å². The van der Waals surface area contributed by atoms with Gasteiger partial charge in [0.15, 0.2) is 0 Å². The summed E-state index contributed by atoms with van der Waals surface area (Å²) in [5.41, 5.74) is 6.26. The van der Waals surface area contributed by atoms with E-state index in [1.54, 1.807) is 17.0 Å². The summed E-state index contributed by atoms with van der Waals surface area (Å²) < 4.78 is 2.50. The first-order chi connectivity index (χ1) is 8.11. The smallest absolute Gasteiger partial charge is 0.261 e. The molecule has 2 rings (SSSR count). The topological polar surface area (TPSA) is 60.9 Å². The van der Waals surface area contributed by atoms with Crippen molar-refractivity contribution in [2.75, 3.05) is 6.54 Å². The van der Waals surface area contributed by atoms with E-state index in [9.17, 15) is 4.79 Å². The summed E-state index contributed by atoms with van der Waals surface area (Å²) >= 11 is 3.36. The molecule has 0 aliphatic carbocycles. The molecule has 0 radical (unpaired) electrons. The molecular weight excluding hydrogens is 282 g/mol. The van der Waals surface area contributed by atoms with E-state index in [4.69, 9.17) is 5.73 Å². The number of nitrogens with two attached hydrogens (primary N) is 1. The molecule has 0 bridgehead atoms. The molecule has 5 heteroatoms. The summed E-state index contributed by atoms with van der Waals surface area (Å²) in [6, 6.07) is 5.51. The van der Waals surface area contributed by atoms with Gasteiger partial charge in [0, 0.05) is 11.0 Å². The highest BCUT2D eigenvalue weighted by atomic mass is 79.9. The second-order valence-corrected chi connectivity index (χ2v) is 5.12. The lowest BCUT2D eigenvalue weighted by molar-refractivity contribution is 0.480. The van der Waals surface area contributed by atoms with Gasteiger partial charge in [-0.05, 0) is 30.7 Å². The Labute approximate surface area is 108 Å². The zero-order valence-electron chi connectivity index (χ0n) is 9.56. The van der Waals surface area contributed by atoms with Gasteiger partial charge in [0.25, 0.3) is 5.56 Å². The Hall–Kier alpha value is -1.20. The van der Waals surface area contributed by atoms with Crippen LogP contribution in [0.3, 0.4) is 0 Å². The number of aromatic nitrogens is 2. The normalized spacial score (nSPS) is 12.9. The van der Waals surface area contributed by atoms with E-state index in [1.807, 2.05) is 19.1 Å². The van der Waals surface area contributed by atoms with Gasteiger partial charge in [0.1, 0.15) is 0 Å². The van der Waals surface area contributed by atoms with Gasteiger partial charge >= 0.3 is 0 Å². The SMILES string of the molecule is CC(CN)Cn1cnc2ccc(Br)cc2c1=O. The van der Waals surface area contributed by atoms with Gasteiger partial charge in [-0.1, -0.05) is 22.9 Å². The van der Waals surface area contributed by atoms with Crippen molar-refractivity contribution in [1.29, 1.82) is 0 Å². The minimum atomic E-state index is -0.0170. The first kappa shape index (κ1) is 12.3. The van der Waals surface area contributed by atoms with Gasteiger partial charge in [0.2, 0.25) is 0 Å². The minimum absolute atomic E-state index is 0.0170. The van der Waals surface area contributed by atoms with E-state index in [2.05, 4.69) is 20.9 Å². The minimum Gasteiger partial charge on any atom is -0.330 e. The Balaban J connectivity index is 2.53. The van der Waals surface area contributed by atoms with Crippen LogP contribution in [-0.2, 0) is 6.54 Å². The van der Waals surface area contributed by atoms with Crippen LogP contribution in [0.1, 0.15) is 6.92 Å². The summed E-state index contributed by atoms with van der Waals surface area (Å²) in [6.07, 6.45) is 1.59. The maximum Gasteiger partial charge on any atom is 0.261 e. The molecule has 2 aromatic rings. The van der Waals surface area contributed by atoms with Gasteiger partial charge in [-0.3, -0.25) is 9.36 Å². The molecule has 4 nitrogen and oxygen atoms in total. The maximum absolute atomic E-state index is 12.2. The summed E-state index contributed by atoms with van der Waals surface area (Å²) in [6.45, 7) is 3.17. The Kier molecular flexibility index (Phi) is 3.59. The molecule has 1 aromatic carbocycles. The van der Waals surface area contributed by atoms with Crippen LogP contribution in [0.15, 0.2) is 33.8 Å². The van der Waals surface area contributed by atoms with E-state index in [-0.39, 0.29) is 11.5 Å². The third-order valence-electron chi connectivity index (χ3n) is 2.70. The highest BCUT2D eigenvalue weighted by Crippen LogP contribution is 2.14. The van der Waals surface area contributed by atoms with E-state index in [0.717, 1.165) is 9.99 Å². The van der Waals surface area contributed by atoms with Crippen LogP contribution in [0.4, 0.5) is 0 Å². The lowest BCUT2D eigenvalue weighted by Gasteiger charge is -2.11. The number of nitrogens with zero attached hydrogens (tertiary/aromatic N) is 2. The first-order valence-corrected chi connectivity index (χ1v) is 6.26. The fourth-order valence-corrected chi connectivity index (χ4v) is 2.03. The third kappa shape index (κ3) is 2.56. The number of halogens is 1. The summed E-state index contributed by atoms with van der Waals surface area (Å²) in [7, 11) is 0. The molecule has 0 saturated heterocycles. The molecule has 0 fully saturated rings. The molecule has 0 aliphatic heterocycles. The Morgan fingerprint density at radius 2 is 2.29 bits per heavy atom. The zero-order chi connectivity index (χ0) is 12.4. The molecule has 0 aliphatic rings. The van der Waals surface area contributed by atoms with E-state index < -0.39 is 0 Å². The predicted octanol–water partition coefficient (Wildman–Crippen LogP) is 1.75. The quantitative estimate of drug-likeness (QED) is 0.938. The largest absolute Gasteiger partial charge is 0.330 e. The second kappa shape index (κ2) is 4.98. The van der Waals surface area contributed by atoms with Crippen LogP contribution in [0.2, 0.25) is 0 Å². The van der Waals surface area contributed by atoms with Gasteiger partial charge in [0.05, 0.1) is 17.2 Å². The van der Waals surface area contributed by atoms with Crippen LogP contribution >= 0.6 is 15.9 Å². The van der Waals surface area contributed by atoms with E-state index >= 15 is 0 Å². The van der Waals surface area contributed by atoms with Gasteiger partial charge in [-0.15, -0.1) is 0 Å². The van der Waals surface area contributed by atoms with E-state index in [0.29, 0.717) is 18.5 Å². The van der Waals surface area contributed by atoms with Crippen molar-refractivity contribution < 1.29 is 0 Å². The van der Waals surface area contributed by atoms with Crippen molar-refractivity contribution in [3.8, 4) is 0 Å². The molecule has 1 unspecified atom stereocenters. The molecule has 0 spiro atoms. The first-order valence-electron chi connectivity index (χ1n) is 5.46. The summed E-state index contributed by atoms with van der Waals surface area (Å²) in [4.78, 5) is 16.5. The molecule has 17 heavy (non-hydrogen) atoms. The standard InChI is InChI=1S/C12H14BrN3O/c1-8(5-14)6-16-7-15-11-3-2-9(13)4-10(11)12(16)17/h2-4,7-8H,5-6,14H2,1H3. The van der Waals surface area contributed by atoms with Crippen LogP contribution < -0.4 is 11.3 Å². The Bertz CT molecular complexity index is 594. The van der Waals surface area contributed by atoms with Crippen molar-refractivity contribution in [2.24, 2.45) is 11.7 Å². The van der Waals surface area contributed by atoms with Gasteiger partial charge in [-0.25, -0.2) is 4.98 Å². The number of hydrogen-bond acceptors (Lipinski definition) is 3. The molecule has 0 saturated carbocycles.